The molecule has 2 N–H and O–H groups in total. The standard InChI is InChI=1S/C10H16N4O2/c1-3-7-16-10(15)9-8(2)14(13-12-9)6-4-5-11/h3H,1,4-7,11H2,2H3. The third-order valence-corrected chi connectivity index (χ3v) is 2.08. The Kier molecular flexibility index (Phi) is 4.65. The fourth-order valence-electron chi connectivity index (χ4n) is 1.21. The molecule has 6 heteroatoms. The molecular formula is C10H16N4O2. The minimum atomic E-state index is -0.476. The number of hydrogen-bond donors (Lipinski definition) is 1. The van der Waals surface area contributed by atoms with Crippen molar-refractivity contribution >= 4 is 5.97 Å². The van der Waals surface area contributed by atoms with E-state index in [9.17, 15) is 4.79 Å². The summed E-state index contributed by atoms with van der Waals surface area (Å²) in [6.45, 7) is 6.65. The number of nitrogens with zero attached hydrogens (tertiary/aromatic N) is 3. The van der Waals surface area contributed by atoms with Crippen molar-refractivity contribution in [3.63, 3.8) is 0 Å². The van der Waals surface area contributed by atoms with Gasteiger partial charge in [0.1, 0.15) is 6.61 Å². The SMILES string of the molecule is C=CCOC(=O)c1nnn(CCCN)c1C. The molecule has 0 aliphatic carbocycles. The predicted molar refractivity (Wildman–Crippen MR) is 58.9 cm³/mol. The largest absolute Gasteiger partial charge is 0.457 e. The van der Waals surface area contributed by atoms with Crippen LogP contribution in [0.15, 0.2) is 12.7 Å². The van der Waals surface area contributed by atoms with Gasteiger partial charge in [0.05, 0.1) is 5.69 Å². The third kappa shape index (κ3) is 2.90. The van der Waals surface area contributed by atoms with Gasteiger partial charge in [-0.1, -0.05) is 17.9 Å². The predicted octanol–water partition coefficient (Wildman–Crippen LogP) is 0.278. The third-order valence-electron chi connectivity index (χ3n) is 2.08. The number of aryl methyl sites for hydroxylation is 1. The quantitative estimate of drug-likeness (QED) is 0.554. The second-order valence-electron chi connectivity index (χ2n) is 3.28. The van der Waals surface area contributed by atoms with Crippen LogP contribution < -0.4 is 5.73 Å². The van der Waals surface area contributed by atoms with E-state index in [4.69, 9.17) is 10.5 Å². The van der Waals surface area contributed by atoms with Gasteiger partial charge in [0, 0.05) is 6.54 Å². The summed E-state index contributed by atoms with van der Waals surface area (Å²) in [7, 11) is 0. The summed E-state index contributed by atoms with van der Waals surface area (Å²) in [5, 5.41) is 7.65. The van der Waals surface area contributed by atoms with Gasteiger partial charge in [-0.3, -0.25) is 0 Å². The van der Waals surface area contributed by atoms with E-state index in [1.54, 1.807) is 11.6 Å². The maximum absolute atomic E-state index is 11.5. The van der Waals surface area contributed by atoms with Crippen LogP contribution >= 0.6 is 0 Å². The maximum Gasteiger partial charge on any atom is 0.361 e. The van der Waals surface area contributed by atoms with Crippen LogP contribution in [0.1, 0.15) is 22.6 Å². The van der Waals surface area contributed by atoms with E-state index in [0.717, 1.165) is 6.42 Å². The molecule has 0 aliphatic heterocycles. The smallest absolute Gasteiger partial charge is 0.361 e. The molecule has 1 aromatic heterocycles. The highest BCUT2D eigenvalue weighted by Gasteiger charge is 2.16. The number of nitrogens with two attached hydrogens (primary N) is 1. The molecule has 0 bridgehead atoms. The van der Waals surface area contributed by atoms with Crippen LogP contribution in [0.25, 0.3) is 0 Å². The molecule has 0 atom stereocenters. The molecule has 6 nitrogen and oxygen atoms in total. The van der Waals surface area contributed by atoms with Crippen molar-refractivity contribution in [3.8, 4) is 0 Å². The van der Waals surface area contributed by atoms with Crippen molar-refractivity contribution < 1.29 is 9.53 Å². The molecule has 0 aromatic carbocycles. The van der Waals surface area contributed by atoms with Gasteiger partial charge in [0.25, 0.3) is 0 Å². The van der Waals surface area contributed by atoms with E-state index in [-0.39, 0.29) is 12.3 Å². The van der Waals surface area contributed by atoms with Crippen molar-refractivity contribution in [2.75, 3.05) is 13.2 Å². The van der Waals surface area contributed by atoms with E-state index in [2.05, 4.69) is 16.9 Å². The second kappa shape index (κ2) is 6.02. The number of carbonyl (C=O) groups is 1. The molecular weight excluding hydrogens is 208 g/mol. The van der Waals surface area contributed by atoms with Crippen molar-refractivity contribution in [1.29, 1.82) is 0 Å². The van der Waals surface area contributed by atoms with E-state index < -0.39 is 5.97 Å². The Morgan fingerprint density at radius 3 is 3.06 bits per heavy atom. The number of hydrogen-bond acceptors (Lipinski definition) is 5. The first-order valence-corrected chi connectivity index (χ1v) is 5.09. The van der Waals surface area contributed by atoms with Crippen LogP contribution in [0.2, 0.25) is 0 Å². The fraction of sp³-hybridized carbons (Fsp3) is 0.500. The topological polar surface area (TPSA) is 83.0 Å². The summed E-state index contributed by atoms with van der Waals surface area (Å²) in [6.07, 6.45) is 2.30. The van der Waals surface area contributed by atoms with Crippen LogP contribution in [-0.4, -0.2) is 34.1 Å². The molecule has 0 fully saturated rings. The highest BCUT2D eigenvalue weighted by molar-refractivity contribution is 5.88. The molecule has 1 aromatic rings. The number of rotatable bonds is 6. The summed E-state index contributed by atoms with van der Waals surface area (Å²) >= 11 is 0. The summed E-state index contributed by atoms with van der Waals surface area (Å²) in [5.41, 5.74) is 6.34. The molecule has 0 unspecified atom stereocenters. The zero-order chi connectivity index (χ0) is 12.0. The average molecular weight is 224 g/mol. The number of carbonyl (C=O) groups excluding carboxylic acids is 1. The minimum Gasteiger partial charge on any atom is -0.457 e. The van der Waals surface area contributed by atoms with Gasteiger partial charge in [0.2, 0.25) is 0 Å². The Labute approximate surface area is 94.1 Å². The molecule has 0 spiro atoms. The lowest BCUT2D eigenvalue weighted by Gasteiger charge is -2.02. The van der Waals surface area contributed by atoms with Gasteiger partial charge in [0.15, 0.2) is 5.69 Å². The Morgan fingerprint density at radius 1 is 1.69 bits per heavy atom. The minimum absolute atomic E-state index is 0.175. The number of aromatic nitrogens is 3. The first kappa shape index (κ1) is 12.4. The van der Waals surface area contributed by atoms with Crippen LogP contribution in [0.5, 0.6) is 0 Å². The molecule has 0 radical (unpaired) electrons. The molecule has 16 heavy (non-hydrogen) atoms. The van der Waals surface area contributed by atoms with Gasteiger partial charge >= 0.3 is 5.97 Å². The maximum atomic E-state index is 11.5. The lowest BCUT2D eigenvalue weighted by molar-refractivity contribution is 0.0542. The Morgan fingerprint density at radius 2 is 2.44 bits per heavy atom. The summed E-state index contributed by atoms with van der Waals surface area (Å²) in [6, 6.07) is 0. The molecule has 0 amide bonds. The summed E-state index contributed by atoms with van der Waals surface area (Å²) < 4.78 is 6.53. The van der Waals surface area contributed by atoms with Crippen LogP contribution in [0.4, 0.5) is 0 Å². The summed E-state index contributed by atoms with van der Waals surface area (Å²) in [5.74, 6) is -0.476. The normalized spacial score (nSPS) is 10.1. The van der Waals surface area contributed by atoms with Gasteiger partial charge in [-0.15, -0.1) is 5.10 Å². The van der Waals surface area contributed by atoms with E-state index in [1.807, 2.05) is 0 Å². The van der Waals surface area contributed by atoms with Crippen molar-refractivity contribution in [2.24, 2.45) is 5.73 Å². The van der Waals surface area contributed by atoms with Gasteiger partial charge in [-0.05, 0) is 19.9 Å². The highest BCUT2D eigenvalue weighted by Crippen LogP contribution is 2.06. The zero-order valence-electron chi connectivity index (χ0n) is 9.35. The lowest BCUT2D eigenvalue weighted by Crippen LogP contribution is -2.10. The van der Waals surface area contributed by atoms with Gasteiger partial charge in [-0.25, -0.2) is 9.48 Å². The highest BCUT2D eigenvalue weighted by atomic mass is 16.5. The van der Waals surface area contributed by atoms with Gasteiger partial charge in [-0.2, -0.15) is 0 Å². The van der Waals surface area contributed by atoms with E-state index in [0.29, 0.717) is 18.8 Å². The van der Waals surface area contributed by atoms with Crippen LogP contribution in [-0.2, 0) is 11.3 Å². The Hall–Kier alpha value is -1.69. The first-order chi connectivity index (χ1) is 7.70. The monoisotopic (exact) mass is 224 g/mol. The van der Waals surface area contributed by atoms with Crippen molar-refractivity contribution in [2.45, 2.75) is 19.9 Å². The molecule has 0 saturated carbocycles. The molecule has 88 valence electrons. The first-order valence-electron chi connectivity index (χ1n) is 5.09. The van der Waals surface area contributed by atoms with Crippen LogP contribution in [0.3, 0.4) is 0 Å². The van der Waals surface area contributed by atoms with Crippen LogP contribution in [0, 0.1) is 6.92 Å². The van der Waals surface area contributed by atoms with Crippen molar-refractivity contribution in [3.05, 3.63) is 24.0 Å². The Balaban J connectivity index is 2.70. The fourth-order valence-corrected chi connectivity index (χ4v) is 1.21. The molecule has 1 rings (SSSR count). The van der Waals surface area contributed by atoms with E-state index >= 15 is 0 Å². The average Bonchev–Trinajstić information content (AvgIpc) is 2.65. The molecule has 1 heterocycles. The number of esters is 1. The zero-order valence-corrected chi connectivity index (χ0v) is 9.35. The van der Waals surface area contributed by atoms with E-state index in [1.165, 1.54) is 6.08 Å². The Bertz CT molecular complexity index is 373. The molecule has 0 saturated heterocycles. The number of ether oxygens (including phenoxy) is 1. The van der Waals surface area contributed by atoms with Crippen molar-refractivity contribution in [1.82, 2.24) is 15.0 Å². The lowest BCUT2D eigenvalue weighted by atomic mass is 10.3. The molecule has 0 aliphatic rings. The second-order valence-corrected chi connectivity index (χ2v) is 3.28. The summed E-state index contributed by atoms with van der Waals surface area (Å²) in [4.78, 5) is 11.5. The van der Waals surface area contributed by atoms with Gasteiger partial charge < -0.3 is 10.5 Å².